The summed E-state index contributed by atoms with van der Waals surface area (Å²) in [5.41, 5.74) is 1.53. The summed E-state index contributed by atoms with van der Waals surface area (Å²) in [6.45, 7) is 4.86. The summed E-state index contributed by atoms with van der Waals surface area (Å²) >= 11 is 0. The minimum absolute atomic E-state index is 0.0250. The lowest BCUT2D eigenvalue weighted by molar-refractivity contribution is -0.119. The van der Waals surface area contributed by atoms with Crippen LogP contribution in [0.5, 0.6) is 0 Å². The Morgan fingerprint density at radius 2 is 2.28 bits per heavy atom. The molecule has 0 aliphatic carbocycles. The maximum Gasteiger partial charge on any atom is 0.239 e. The maximum absolute atomic E-state index is 11.4. The van der Waals surface area contributed by atoms with Crippen LogP contribution >= 0.6 is 0 Å². The molecule has 1 atom stereocenters. The molecular formula is C13H21N3O2. The van der Waals surface area contributed by atoms with Gasteiger partial charge >= 0.3 is 0 Å². The monoisotopic (exact) mass is 251 g/mol. The number of rotatable bonds is 6. The normalized spacial score (nSPS) is 12.0. The lowest BCUT2D eigenvalue weighted by Gasteiger charge is -2.23. The van der Waals surface area contributed by atoms with Crippen molar-refractivity contribution in [1.29, 1.82) is 0 Å². The van der Waals surface area contributed by atoms with Crippen LogP contribution in [0.15, 0.2) is 18.3 Å². The van der Waals surface area contributed by atoms with Gasteiger partial charge in [0, 0.05) is 13.6 Å². The standard InChI is InChI=1S/C13H21N3O2/c1-4-7-16(9-13(18)14-3)11-5-6-12(10(2)17)15-8-11/h5-6,8,10,17H,4,7,9H2,1-3H3,(H,14,18)/t10-/m0/s1. The molecule has 1 rings (SSSR count). The van der Waals surface area contributed by atoms with Crippen LogP contribution in [0.3, 0.4) is 0 Å². The number of likely N-dealkylation sites (N-methyl/N-ethyl adjacent to an activating group) is 1. The summed E-state index contributed by atoms with van der Waals surface area (Å²) in [4.78, 5) is 17.6. The number of amides is 1. The zero-order valence-corrected chi connectivity index (χ0v) is 11.2. The highest BCUT2D eigenvalue weighted by molar-refractivity contribution is 5.80. The van der Waals surface area contributed by atoms with Crippen molar-refractivity contribution >= 4 is 11.6 Å². The highest BCUT2D eigenvalue weighted by Gasteiger charge is 2.11. The molecule has 0 aliphatic heterocycles. The van der Waals surface area contributed by atoms with E-state index in [1.54, 1.807) is 26.2 Å². The second-order valence-corrected chi connectivity index (χ2v) is 4.21. The first-order valence-corrected chi connectivity index (χ1v) is 6.18. The maximum atomic E-state index is 11.4. The third-order valence-electron chi connectivity index (χ3n) is 2.67. The lowest BCUT2D eigenvalue weighted by atomic mass is 10.2. The summed E-state index contributed by atoms with van der Waals surface area (Å²) in [6.07, 6.45) is 2.08. The van der Waals surface area contributed by atoms with Crippen LogP contribution in [0.25, 0.3) is 0 Å². The van der Waals surface area contributed by atoms with Gasteiger partial charge in [0.15, 0.2) is 0 Å². The van der Waals surface area contributed by atoms with E-state index in [-0.39, 0.29) is 5.91 Å². The van der Waals surface area contributed by atoms with Gasteiger partial charge in [0.1, 0.15) is 0 Å². The van der Waals surface area contributed by atoms with E-state index in [2.05, 4.69) is 17.2 Å². The Morgan fingerprint density at radius 1 is 1.56 bits per heavy atom. The van der Waals surface area contributed by atoms with E-state index in [0.29, 0.717) is 12.2 Å². The fourth-order valence-corrected chi connectivity index (χ4v) is 1.65. The molecule has 1 amide bonds. The summed E-state index contributed by atoms with van der Waals surface area (Å²) in [6, 6.07) is 3.67. The average molecular weight is 251 g/mol. The molecule has 5 nitrogen and oxygen atoms in total. The highest BCUT2D eigenvalue weighted by Crippen LogP contribution is 2.16. The Kier molecular flexibility index (Phi) is 5.58. The van der Waals surface area contributed by atoms with Crippen LogP contribution in [0, 0.1) is 0 Å². The molecule has 0 saturated heterocycles. The molecule has 0 bridgehead atoms. The van der Waals surface area contributed by atoms with Gasteiger partial charge in [0.2, 0.25) is 5.91 Å². The van der Waals surface area contributed by atoms with Crippen molar-refractivity contribution in [3.8, 4) is 0 Å². The zero-order valence-electron chi connectivity index (χ0n) is 11.2. The van der Waals surface area contributed by atoms with Crippen molar-refractivity contribution in [3.63, 3.8) is 0 Å². The molecule has 0 fully saturated rings. The number of aromatic nitrogens is 1. The van der Waals surface area contributed by atoms with Crippen molar-refractivity contribution in [2.45, 2.75) is 26.4 Å². The number of nitrogens with zero attached hydrogens (tertiary/aromatic N) is 2. The molecule has 0 unspecified atom stereocenters. The molecule has 1 aromatic heterocycles. The summed E-state index contributed by atoms with van der Waals surface area (Å²) in [7, 11) is 1.63. The van der Waals surface area contributed by atoms with Gasteiger partial charge in [-0.1, -0.05) is 6.92 Å². The van der Waals surface area contributed by atoms with Gasteiger partial charge < -0.3 is 15.3 Å². The van der Waals surface area contributed by atoms with Gasteiger partial charge in [-0.05, 0) is 25.5 Å². The van der Waals surface area contributed by atoms with Crippen LogP contribution in [-0.4, -0.2) is 36.1 Å². The Labute approximate surface area is 108 Å². The molecular weight excluding hydrogens is 230 g/mol. The first kappa shape index (κ1) is 14.4. The van der Waals surface area contributed by atoms with E-state index >= 15 is 0 Å². The fraction of sp³-hybridized carbons (Fsp3) is 0.538. The van der Waals surface area contributed by atoms with E-state index in [9.17, 15) is 9.90 Å². The summed E-state index contributed by atoms with van der Waals surface area (Å²) in [5.74, 6) is -0.0250. The van der Waals surface area contributed by atoms with Crippen molar-refractivity contribution in [1.82, 2.24) is 10.3 Å². The largest absolute Gasteiger partial charge is 0.387 e. The number of hydrogen-bond donors (Lipinski definition) is 2. The number of hydrogen-bond acceptors (Lipinski definition) is 4. The third-order valence-corrected chi connectivity index (χ3v) is 2.67. The first-order chi connectivity index (χ1) is 8.58. The number of carbonyl (C=O) groups is 1. The van der Waals surface area contributed by atoms with Crippen LogP contribution in [0.2, 0.25) is 0 Å². The Morgan fingerprint density at radius 3 is 2.72 bits per heavy atom. The number of aliphatic hydroxyl groups is 1. The van der Waals surface area contributed by atoms with Crippen LogP contribution < -0.4 is 10.2 Å². The molecule has 100 valence electrons. The average Bonchev–Trinajstić information content (AvgIpc) is 2.38. The van der Waals surface area contributed by atoms with Crippen molar-refractivity contribution in [3.05, 3.63) is 24.0 Å². The molecule has 0 spiro atoms. The fourth-order valence-electron chi connectivity index (χ4n) is 1.65. The molecule has 1 heterocycles. The van der Waals surface area contributed by atoms with Gasteiger partial charge in [-0.2, -0.15) is 0 Å². The molecule has 0 aromatic carbocycles. The Hall–Kier alpha value is -1.62. The number of carbonyl (C=O) groups excluding carboxylic acids is 1. The van der Waals surface area contributed by atoms with E-state index in [0.717, 1.165) is 18.7 Å². The first-order valence-electron chi connectivity index (χ1n) is 6.18. The van der Waals surface area contributed by atoms with Gasteiger partial charge in [0.25, 0.3) is 0 Å². The molecule has 1 aromatic rings. The van der Waals surface area contributed by atoms with Crippen LogP contribution in [-0.2, 0) is 4.79 Å². The number of pyridine rings is 1. The van der Waals surface area contributed by atoms with Gasteiger partial charge in [-0.3, -0.25) is 9.78 Å². The molecule has 2 N–H and O–H groups in total. The second-order valence-electron chi connectivity index (χ2n) is 4.21. The molecule has 5 heteroatoms. The lowest BCUT2D eigenvalue weighted by Crippen LogP contribution is -2.36. The van der Waals surface area contributed by atoms with Gasteiger partial charge in [-0.25, -0.2) is 0 Å². The quantitative estimate of drug-likeness (QED) is 0.794. The van der Waals surface area contributed by atoms with Gasteiger partial charge in [-0.15, -0.1) is 0 Å². The summed E-state index contributed by atoms with van der Waals surface area (Å²) < 4.78 is 0. The molecule has 0 saturated carbocycles. The number of nitrogens with one attached hydrogen (secondary N) is 1. The van der Waals surface area contributed by atoms with Crippen LogP contribution in [0.1, 0.15) is 32.1 Å². The predicted octanol–water partition coefficient (Wildman–Crippen LogP) is 1.10. The van der Waals surface area contributed by atoms with E-state index in [1.807, 2.05) is 11.0 Å². The second kappa shape index (κ2) is 6.96. The highest BCUT2D eigenvalue weighted by atomic mass is 16.3. The predicted molar refractivity (Wildman–Crippen MR) is 71.4 cm³/mol. The number of aliphatic hydroxyl groups excluding tert-OH is 1. The van der Waals surface area contributed by atoms with Crippen molar-refractivity contribution in [2.24, 2.45) is 0 Å². The molecule has 18 heavy (non-hydrogen) atoms. The number of anilines is 1. The minimum atomic E-state index is -0.572. The topological polar surface area (TPSA) is 65.5 Å². The minimum Gasteiger partial charge on any atom is -0.387 e. The Bertz CT molecular complexity index is 376. The van der Waals surface area contributed by atoms with E-state index in [4.69, 9.17) is 0 Å². The summed E-state index contributed by atoms with van der Waals surface area (Å²) in [5, 5.41) is 12.0. The molecule has 0 radical (unpaired) electrons. The van der Waals surface area contributed by atoms with Crippen molar-refractivity contribution < 1.29 is 9.90 Å². The van der Waals surface area contributed by atoms with Gasteiger partial charge in [0.05, 0.1) is 30.2 Å². The van der Waals surface area contributed by atoms with E-state index in [1.165, 1.54) is 0 Å². The van der Waals surface area contributed by atoms with Crippen LogP contribution in [0.4, 0.5) is 5.69 Å². The zero-order chi connectivity index (χ0) is 13.5. The van der Waals surface area contributed by atoms with E-state index < -0.39 is 6.10 Å². The SMILES string of the molecule is CCCN(CC(=O)NC)c1ccc([C@H](C)O)nc1. The third kappa shape index (κ3) is 4.00. The smallest absolute Gasteiger partial charge is 0.239 e. The van der Waals surface area contributed by atoms with Crippen molar-refractivity contribution in [2.75, 3.05) is 25.0 Å². The Balaban J connectivity index is 2.81. The molecule has 0 aliphatic rings.